The molecule has 0 aliphatic rings. The lowest BCUT2D eigenvalue weighted by Crippen LogP contribution is -1.84. The highest BCUT2D eigenvalue weighted by atomic mass is 19.2. The number of rotatable bonds is 4. The lowest BCUT2D eigenvalue weighted by Gasteiger charge is -2.00. The van der Waals surface area contributed by atoms with Gasteiger partial charge < -0.3 is 4.74 Å². The summed E-state index contributed by atoms with van der Waals surface area (Å²) < 4.78 is 31.2. The van der Waals surface area contributed by atoms with Crippen LogP contribution < -0.4 is 0 Å². The molecule has 0 radical (unpaired) electrons. The van der Waals surface area contributed by atoms with Crippen molar-refractivity contribution in [2.24, 2.45) is 0 Å². The number of hydrogen-bond acceptors (Lipinski definition) is 1. The van der Waals surface area contributed by atoms with Gasteiger partial charge in [0.15, 0.2) is 0 Å². The molecule has 3 heteroatoms. The molecule has 0 saturated carbocycles. The topological polar surface area (TPSA) is 9.23 Å². The SMILES string of the molecule is FC(=Cc1ccccc1)OC(F)=Cc1ccccc1. The van der Waals surface area contributed by atoms with Gasteiger partial charge in [-0.15, -0.1) is 0 Å². The Labute approximate surface area is 110 Å². The molecule has 0 bridgehead atoms. The van der Waals surface area contributed by atoms with Gasteiger partial charge in [-0.05, 0) is 11.1 Å². The molecule has 2 rings (SSSR count). The first-order chi connectivity index (χ1) is 9.24. The fourth-order valence-corrected chi connectivity index (χ4v) is 1.51. The average Bonchev–Trinajstić information content (AvgIpc) is 2.40. The van der Waals surface area contributed by atoms with E-state index in [1.807, 2.05) is 12.1 Å². The van der Waals surface area contributed by atoms with Crippen molar-refractivity contribution in [1.82, 2.24) is 0 Å². The molecule has 0 aromatic heterocycles. The molecule has 0 amide bonds. The Morgan fingerprint density at radius 3 is 1.42 bits per heavy atom. The Bertz CT molecular complexity index is 521. The highest BCUT2D eigenvalue weighted by Gasteiger charge is 2.02. The van der Waals surface area contributed by atoms with Crippen LogP contribution in [0.1, 0.15) is 11.1 Å². The van der Waals surface area contributed by atoms with E-state index in [1.54, 1.807) is 48.5 Å². The van der Waals surface area contributed by atoms with Crippen LogP contribution in [0.4, 0.5) is 8.78 Å². The summed E-state index contributed by atoms with van der Waals surface area (Å²) in [6, 6.07) is 15.5. The molecule has 0 N–H and O–H groups in total. The Morgan fingerprint density at radius 1 is 0.684 bits per heavy atom. The van der Waals surface area contributed by atoms with Crippen LogP contribution in [0.15, 0.2) is 72.7 Å². The van der Waals surface area contributed by atoms with Gasteiger partial charge in [-0.1, -0.05) is 60.7 Å². The number of halogens is 2. The molecule has 0 aliphatic carbocycles. The van der Waals surface area contributed by atoms with E-state index < -0.39 is 12.0 Å². The monoisotopic (exact) mass is 258 g/mol. The molecular weight excluding hydrogens is 246 g/mol. The molecule has 0 heterocycles. The molecule has 2 aromatic rings. The fraction of sp³-hybridized carbons (Fsp3) is 0. The van der Waals surface area contributed by atoms with Gasteiger partial charge in [0.1, 0.15) is 0 Å². The first kappa shape index (κ1) is 13.0. The highest BCUT2D eigenvalue weighted by Crippen LogP contribution is 2.16. The lowest BCUT2D eigenvalue weighted by molar-refractivity contribution is 0.162. The maximum absolute atomic E-state index is 13.4. The minimum atomic E-state index is -0.990. The van der Waals surface area contributed by atoms with E-state index in [0.29, 0.717) is 11.1 Å². The van der Waals surface area contributed by atoms with Gasteiger partial charge in [0, 0.05) is 12.2 Å². The van der Waals surface area contributed by atoms with Gasteiger partial charge in [0.05, 0.1) is 0 Å². The van der Waals surface area contributed by atoms with Gasteiger partial charge in [-0.3, -0.25) is 0 Å². The normalized spacial score (nSPS) is 12.3. The van der Waals surface area contributed by atoms with Crippen molar-refractivity contribution < 1.29 is 13.5 Å². The summed E-state index contributed by atoms with van der Waals surface area (Å²) in [4.78, 5) is 0. The summed E-state index contributed by atoms with van der Waals surface area (Å²) in [5, 5.41) is 0. The Balaban J connectivity index is 2.05. The summed E-state index contributed by atoms with van der Waals surface area (Å²) in [7, 11) is 0. The maximum atomic E-state index is 13.4. The maximum Gasteiger partial charge on any atom is 0.280 e. The summed E-state index contributed by atoms with van der Waals surface area (Å²) in [5.41, 5.74) is 1.21. The standard InChI is InChI=1S/C16H12F2O/c17-15(11-13-7-3-1-4-8-13)19-16(18)12-14-9-5-2-6-10-14/h1-12H. The van der Waals surface area contributed by atoms with Crippen molar-refractivity contribution in [2.75, 3.05) is 0 Å². The second-order valence-corrected chi connectivity index (χ2v) is 3.82. The summed E-state index contributed by atoms with van der Waals surface area (Å²) in [5.74, 6) is 0. The van der Waals surface area contributed by atoms with Gasteiger partial charge >= 0.3 is 0 Å². The number of hydrogen-bond donors (Lipinski definition) is 0. The van der Waals surface area contributed by atoms with Crippen molar-refractivity contribution >= 4 is 12.2 Å². The first-order valence-corrected chi connectivity index (χ1v) is 5.76. The third kappa shape index (κ3) is 4.39. The second kappa shape index (κ2) is 6.50. The molecule has 0 aliphatic heterocycles. The van der Waals surface area contributed by atoms with E-state index in [-0.39, 0.29) is 0 Å². The smallest absolute Gasteiger partial charge is 0.280 e. The van der Waals surface area contributed by atoms with Crippen molar-refractivity contribution in [2.45, 2.75) is 0 Å². The van der Waals surface area contributed by atoms with E-state index in [4.69, 9.17) is 0 Å². The van der Waals surface area contributed by atoms with Crippen LogP contribution in [0.3, 0.4) is 0 Å². The molecule has 0 spiro atoms. The van der Waals surface area contributed by atoms with Crippen molar-refractivity contribution in [3.63, 3.8) is 0 Å². The Kier molecular flexibility index (Phi) is 4.45. The number of ether oxygens (including phenoxy) is 1. The van der Waals surface area contributed by atoms with Gasteiger partial charge in [0.2, 0.25) is 0 Å². The largest absolute Gasteiger partial charge is 0.404 e. The highest BCUT2D eigenvalue weighted by molar-refractivity contribution is 5.51. The lowest BCUT2D eigenvalue weighted by atomic mass is 10.2. The van der Waals surface area contributed by atoms with Gasteiger partial charge in [0.25, 0.3) is 12.0 Å². The zero-order chi connectivity index (χ0) is 13.5. The van der Waals surface area contributed by atoms with Gasteiger partial charge in [-0.25, -0.2) is 0 Å². The zero-order valence-corrected chi connectivity index (χ0v) is 10.1. The molecule has 2 aromatic carbocycles. The second-order valence-electron chi connectivity index (χ2n) is 3.82. The summed E-state index contributed by atoms with van der Waals surface area (Å²) in [6.45, 7) is 0. The third-order valence-corrected chi connectivity index (χ3v) is 2.35. The van der Waals surface area contributed by atoms with Gasteiger partial charge in [-0.2, -0.15) is 8.78 Å². The molecule has 0 saturated heterocycles. The molecule has 0 atom stereocenters. The van der Waals surface area contributed by atoms with E-state index in [2.05, 4.69) is 4.74 Å². The molecule has 19 heavy (non-hydrogen) atoms. The molecule has 1 nitrogen and oxygen atoms in total. The predicted octanol–water partition coefficient (Wildman–Crippen LogP) is 4.94. The van der Waals surface area contributed by atoms with Crippen LogP contribution in [0.5, 0.6) is 0 Å². The summed E-state index contributed by atoms with van der Waals surface area (Å²) >= 11 is 0. The number of benzene rings is 2. The fourth-order valence-electron chi connectivity index (χ4n) is 1.51. The van der Waals surface area contributed by atoms with E-state index in [0.717, 1.165) is 12.2 Å². The van der Waals surface area contributed by atoms with Crippen LogP contribution in [0.25, 0.3) is 12.2 Å². The Hall–Kier alpha value is -2.42. The van der Waals surface area contributed by atoms with E-state index >= 15 is 0 Å². The molecule has 0 unspecified atom stereocenters. The quantitative estimate of drug-likeness (QED) is 0.706. The van der Waals surface area contributed by atoms with Crippen LogP contribution in [0, 0.1) is 0 Å². The van der Waals surface area contributed by atoms with Crippen LogP contribution in [-0.2, 0) is 4.74 Å². The van der Waals surface area contributed by atoms with Crippen molar-refractivity contribution in [3.8, 4) is 0 Å². The summed E-state index contributed by atoms with van der Waals surface area (Å²) in [6.07, 6.45) is 2.25. The molecule has 0 fully saturated rings. The molecular formula is C16H12F2O. The Morgan fingerprint density at radius 2 is 1.05 bits per heavy atom. The third-order valence-electron chi connectivity index (χ3n) is 2.35. The van der Waals surface area contributed by atoms with E-state index in [9.17, 15) is 8.78 Å². The minimum absolute atomic E-state index is 0.604. The van der Waals surface area contributed by atoms with Crippen molar-refractivity contribution in [1.29, 1.82) is 0 Å². The average molecular weight is 258 g/mol. The predicted molar refractivity (Wildman–Crippen MR) is 72.1 cm³/mol. The van der Waals surface area contributed by atoms with Crippen LogP contribution in [0.2, 0.25) is 0 Å². The minimum Gasteiger partial charge on any atom is -0.404 e. The van der Waals surface area contributed by atoms with Crippen molar-refractivity contribution in [3.05, 3.63) is 83.8 Å². The van der Waals surface area contributed by atoms with Crippen LogP contribution >= 0.6 is 0 Å². The zero-order valence-electron chi connectivity index (χ0n) is 10.1. The van der Waals surface area contributed by atoms with Crippen LogP contribution in [-0.4, -0.2) is 0 Å². The van der Waals surface area contributed by atoms with E-state index in [1.165, 1.54) is 0 Å². The molecule has 96 valence electrons. The first-order valence-electron chi connectivity index (χ1n) is 5.76.